The van der Waals surface area contributed by atoms with Crippen LogP contribution in [0.1, 0.15) is 31.1 Å². The molecule has 0 spiro atoms. The van der Waals surface area contributed by atoms with Crippen molar-refractivity contribution in [1.29, 1.82) is 0 Å². The normalized spacial score (nSPS) is 19.8. The van der Waals surface area contributed by atoms with Crippen molar-refractivity contribution in [3.05, 3.63) is 53.6 Å². The van der Waals surface area contributed by atoms with Gasteiger partial charge in [-0.3, -0.25) is 0 Å². The van der Waals surface area contributed by atoms with E-state index in [2.05, 4.69) is 17.3 Å². The molecule has 5 heteroatoms. The lowest BCUT2D eigenvalue weighted by molar-refractivity contribution is -0.147. The zero-order valence-electron chi connectivity index (χ0n) is 16.8. The number of methoxy groups -OCH3 is 2. The second-order valence-electron chi connectivity index (χ2n) is 7.25. The van der Waals surface area contributed by atoms with Crippen LogP contribution in [-0.4, -0.2) is 32.5 Å². The topological polar surface area (TPSA) is 49.0 Å². The minimum absolute atomic E-state index is 0.210. The molecule has 148 valence electrons. The third kappa shape index (κ3) is 4.24. The SMILES string of the molecule is C#CCOC1C(OC)c2cc(NCc3ccc(OC)cc3)ccc2OC1(C)C. The summed E-state index contributed by atoms with van der Waals surface area (Å²) < 4.78 is 23.1. The Hall–Kier alpha value is -2.68. The van der Waals surface area contributed by atoms with E-state index >= 15 is 0 Å². The van der Waals surface area contributed by atoms with E-state index in [0.717, 1.165) is 28.3 Å². The van der Waals surface area contributed by atoms with Crippen molar-refractivity contribution in [2.75, 3.05) is 26.1 Å². The first kappa shape index (κ1) is 20.1. The molecule has 0 amide bonds. The lowest BCUT2D eigenvalue weighted by atomic mass is 9.88. The Kier molecular flexibility index (Phi) is 6.13. The molecule has 28 heavy (non-hydrogen) atoms. The minimum Gasteiger partial charge on any atom is -0.497 e. The number of hydrogen-bond donors (Lipinski definition) is 1. The van der Waals surface area contributed by atoms with Crippen molar-refractivity contribution < 1.29 is 18.9 Å². The lowest BCUT2D eigenvalue weighted by Gasteiger charge is -2.43. The van der Waals surface area contributed by atoms with Crippen molar-refractivity contribution in [2.45, 2.75) is 38.2 Å². The maximum Gasteiger partial charge on any atom is 0.132 e. The number of fused-ring (bicyclic) bond motifs is 1. The van der Waals surface area contributed by atoms with E-state index in [1.165, 1.54) is 0 Å². The van der Waals surface area contributed by atoms with Crippen molar-refractivity contribution in [3.8, 4) is 23.8 Å². The van der Waals surface area contributed by atoms with Crippen LogP contribution in [0.25, 0.3) is 0 Å². The van der Waals surface area contributed by atoms with E-state index in [4.69, 9.17) is 25.4 Å². The van der Waals surface area contributed by atoms with Gasteiger partial charge in [0.1, 0.15) is 35.9 Å². The summed E-state index contributed by atoms with van der Waals surface area (Å²) in [5, 5.41) is 3.45. The van der Waals surface area contributed by atoms with Gasteiger partial charge in [-0.05, 0) is 49.7 Å². The molecular formula is C23H27NO4. The Bertz CT molecular complexity index is 839. The van der Waals surface area contributed by atoms with E-state index in [1.807, 2.05) is 50.2 Å². The van der Waals surface area contributed by atoms with Crippen molar-refractivity contribution >= 4 is 5.69 Å². The Labute approximate surface area is 167 Å². The summed E-state index contributed by atoms with van der Waals surface area (Å²) in [5.41, 5.74) is 2.54. The summed E-state index contributed by atoms with van der Waals surface area (Å²) in [4.78, 5) is 0. The Balaban J connectivity index is 1.79. The van der Waals surface area contributed by atoms with Gasteiger partial charge in [0.05, 0.1) is 7.11 Å². The molecular weight excluding hydrogens is 354 g/mol. The van der Waals surface area contributed by atoms with Gasteiger partial charge in [0, 0.05) is 24.9 Å². The maximum absolute atomic E-state index is 6.19. The molecule has 0 aliphatic carbocycles. The van der Waals surface area contributed by atoms with Crippen LogP contribution in [0.4, 0.5) is 5.69 Å². The Morgan fingerprint density at radius 3 is 2.54 bits per heavy atom. The van der Waals surface area contributed by atoms with Crippen LogP contribution in [0.15, 0.2) is 42.5 Å². The van der Waals surface area contributed by atoms with Gasteiger partial charge in [0.15, 0.2) is 0 Å². The highest BCUT2D eigenvalue weighted by Crippen LogP contribution is 2.44. The van der Waals surface area contributed by atoms with Crippen molar-refractivity contribution in [3.63, 3.8) is 0 Å². The van der Waals surface area contributed by atoms with Gasteiger partial charge >= 0.3 is 0 Å². The van der Waals surface area contributed by atoms with E-state index in [0.29, 0.717) is 6.54 Å². The average Bonchev–Trinajstić information content (AvgIpc) is 2.70. The second-order valence-corrected chi connectivity index (χ2v) is 7.25. The van der Waals surface area contributed by atoms with Gasteiger partial charge in [0.2, 0.25) is 0 Å². The Morgan fingerprint density at radius 1 is 1.14 bits per heavy atom. The van der Waals surface area contributed by atoms with E-state index < -0.39 is 5.60 Å². The van der Waals surface area contributed by atoms with Gasteiger partial charge in [0.25, 0.3) is 0 Å². The molecule has 2 atom stereocenters. The predicted octanol–water partition coefficient (Wildman–Crippen LogP) is 4.18. The van der Waals surface area contributed by atoms with Crippen LogP contribution in [0.5, 0.6) is 11.5 Å². The molecule has 2 aromatic carbocycles. The molecule has 2 aromatic rings. The third-order valence-corrected chi connectivity index (χ3v) is 4.91. The quantitative estimate of drug-likeness (QED) is 0.729. The van der Waals surface area contributed by atoms with Gasteiger partial charge in [-0.2, -0.15) is 0 Å². The molecule has 0 radical (unpaired) electrons. The lowest BCUT2D eigenvalue weighted by Crippen LogP contribution is -2.50. The van der Waals surface area contributed by atoms with Crippen molar-refractivity contribution in [1.82, 2.24) is 0 Å². The van der Waals surface area contributed by atoms with Crippen LogP contribution in [0.2, 0.25) is 0 Å². The van der Waals surface area contributed by atoms with Gasteiger partial charge in [-0.25, -0.2) is 0 Å². The molecule has 1 heterocycles. The largest absolute Gasteiger partial charge is 0.497 e. The first-order valence-electron chi connectivity index (χ1n) is 9.26. The Morgan fingerprint density at radius 2 is 1.89 bits per heavy atom. The fraction of sp³-hybridized carbons (Fsp3) is 0.391. The summed E-state index contributed by atoms with van der Waals surface area (Å²) in [5.74, 6) is 4.17. The molecule has 0 aromatic heterocycles. The zero-order chi connectivity index (χ0) is 20.1. The molecule has 0 bridgehead atoms. The molecule has 0 saturated carbocycles. The standard InChI is InChI=1S/C23H27NO4/c1-6-13-27-22-21(26-5)19-14-17(9-12-20(19)28-23(22,2)3)24-15-16-7-10-18(25-4)11-8-16/h1,7-12,14,21-22,24H,13,15H2,2-5H3. The van der Waals surface area contributed by atoms with Crippen LogP contribution in [0.3, 0.4) is 0 Å². The number of hydrogen-bond acceptors (Lipinski definition) is 5. The van der Waals surface area contributed by atoms with Crippen LogP contribution >= 0.6 is 0 Å². The molecule has 2 unspecified atom stereocenters. The third-order valence-electron chi connectivity index (χ3n) is 4.91. The number of anilines is 1. The zero-order valence-corrected chi connectivity index (χ0v) is 16.8. The number of nitrogens with one attached hydrogen (secondary N) is 1. The fourth-order valence-corrected chi connectivity index (χ4v) is 3.47. The van der Waals surface area contributed by atoms with Crippen LogP contribution < -0.4 is 14.8 Å². The summed E-state index contributed by atoms with van der Waals surface area (Å²) in [6.45, 7) is 4.88. The number of rotatable bonds is 7. The summed E-state index contributed by atoms with van der Waals surface area (Å²) in [6, 6.07) is 14.0. The fourth-order valence-electron chi connectivity index (χ4n) is 3.47. The average molecular weight is 381 g/mol. The minimum atomic E-state index is -0.553. The number of ether oxygens (including phenoxy) is 4. The molecule has 1 N–H and O–H groups in total. The van der Waals surface area contributed by atoms with Gasteiger partial charge in [-0.15, -0.1) is 6.42 Å². The molecule has 5 nitrogen and oxygen atoms in total. The number of benzene rings is 2. The molecule has 1 aliphatic rings. The molecule has 0 saturated heterocycles. The summed E-state index contributed by atoms with van der Waals surface area (Å²) in [7, 11) is 3.34. The highest BCUT2D eigenvalue weighted by molar-refractivity contribution is 5.54. The molecule has 1 aliphatic heterocycles. The summed E-state index contributed by atoms with van der Waals surface area (Å²) in [6.07, 6.45) is 4.80. The van der Waals surface area contributed by atoms with Crippen LogP contribution in [0, 0.1) is 12.3 Å². The summed E-state index contributed by atoms with van der Waals surface area (Å²) >= 11 is 0. The molecule has 0 fully saturated rings. The highest BCUT2D eigenvalue weighted by Gasteiger charge is 2.45. The highest BCUT2D eigenvalue weighted by atomic mass is 16.6. The first-order valence-corrected chi connectivity index (χ1v) is 9.26. The number of terminal acetylenes is 1. The van der Waals surface area contributed by atoms with Gasteiger partial charge in [-0.1, -0.05) is 18.1 Å². The van der Waals surface area contributed by atoms with E-state index in [-0.39, 0.29) is 18.8 Å². The van der Waals surface area contributed by atoms with Crippen LogP contribution in [-0.2, 0) is 16.0 Å². The maximum atomic E-state index is 6.19. The van der Waals surface area contributed by atoms with E-state index in [9.17, 15) is 0 Å². The molecule has 3 rings (SSSR count). The second kappa shape index (κ2) is 8.55. The predicted molar refractivity (Wildman–Crippen MR) is 110 cm³/mol. The van der Waals surface area contributed by atoms with Crippen molar-refractivity contribution in [2.24, 2.45) is 0 Å². The first-order chi connectivity index (χ1) is 13.5. The van der Waals surface area contributed by atoms with Gasteiger partial charge < -0.3 is 24.3 Å². The smallest absolute Gasteiger partial charge is 0.132 e. The van der Waals surface area contributed by atoms with E-state index in [1.54, 1.807) is 14.2 Å². The monoisotopic (exact) mass is 381 g/mol.